The first-order valence-electron chi connectivity index (χ1n) is 7.34. The highest BCUT2D eigenvalue weighted by molar-refractivity contribution is 5.34. The molecule has 0 aromatic heterocycles. The van der Waals surface area contributed by atoms with Gasteiger partial charge in [-0.05, 0) is 36.8 Å². The van der Waals surface area contributed by atoms with Crippen molar-refractivity contribution in [1.29, 1.82) is 0 Å². The van der Waals surface area contributed by atoms with Crippen LogP contribution in [0.3, 0.4) is 0 Å². The van der Waals surface area contributed by atoms with Crippen LogP contribution in [0.4, 0.5) is 0 Å². The number of aliphatic hydroxyl groups is 1. The van der Waals surface area contributed by atoms with Crippen molar-refractivity contribution >= 4 is 0 Å². The van der Waals surface area contributed by atoms with Gasteiger partial charge in [-0.3, -0.25) is 4.90 Å². The summed E-state index contributed by atoms with van der Waals surface area (Å²) in [5.74, 6) is 0. The molecule has 18 heavy (non-hydrogen) atoms. The lowest BCUT2D eigenvalue weighted by atomic mass is 10.0. The van der Waals surface area contributed by atoms with E-state index in [1.54, 1.807) is 0 Å². The molecule has 1 N–H and O–H groups in total. The van der Waals surface area contributed by atoms with E-state index in [1.165, 1.54) is 49.7 Å². The molecule has 0 radical (unpaired) electrons. The Morgan fingerprint density at radius 1 is 1.11 bits per heavy atom. The van der Waals surface area contributed by atoms with E-state index in [0.29, 0.717) is 12.1 Å². The average Bonchev–Trinajstić information content (AvgIpc) is 3.06. The first kappa shape index (κ1) is 12.2. The summed E-state index contributed by atoms with van der Waals surface area (Å²) in [6, 6.07) is 10.1. The van der Waals surface area contributed by atoms with Crippen LogP contribution in [0.25, 0.3) is 0 Å². The SMILES string of the molecule is OCCN(C1CCCC1)C1CCc2ccccc21. The lowest BCUT2D eigenvalue weighted by Gasteiger charge is -2.34. The molecular formula is C16H23NO. The zero-order valence-corrected chi connectivity index (χ0v) is 11.0. The molecule has 1 atom stereocenters. The predicted octanol–water partition coefficient (Wildman–Crippen LogP) is 2.91. The second kappa shape index (κ2) is 5.41. The minimum Gasteiger partial charge on any atom is -0.395 e. The smallest absolute Gasteiger partial charge is 0.0558 e. The molecule has 0 amide bonds. The van der Waals surface area contributed by atoms with Gasteiger partial charge >= 0.3 is 0 Å². The van der Waals surface area contributed by atoms with Crippen molar-refractivity contribution in [1.82, 2.24) is 4.90 Å². The topological polar surface area (TPSA) is 23.5 Å². The molecule has 2 nitrogen and oxygen atoms in total. The first-order valence-corrected chi connectivity index (χ1v) is 7.34. The van der Waals surface area contributed by atoms with Crippen LogP contribution in [0.15, 0.2) is 24.3 Å². The van der Waals surface area contributed by atoms with Gasteiger partial charge in [0.1, 0.15) is 0 Å². The van der Waals surface area contributed by atoms with Crippen LogP contribution in [-0.4, -0.2) is 29.2 Å². The summed E-state index contributed by atoms with van der Waals surface area (Å²) in [4.78, 5) is 2.58. The van der Waals surface area contributed by atoms with Gasteiger partial charge in [-0.1, -0.05) is 37.1 Å². The third-order valence-corrected chi connectivity index (χ3v) is 4.65. The largest absolute Gasteiger partial charge is 0.395 e. The number of hydrogen-bond acceptors (Lipinski definition) is 2. The Morgan fingerprint density at radius 3 is 2.67 bits per heavy atom. The number of rotatable bonds is 4. The maximum atomic E-state index is 9.36. The van der Waals surface area contributed by atoms with Crippen molar-refractivity contribution < 1.29 is 5.11 Å². The molecule has 3 rings (SSSR count). The van der Waals surface area contributed by atoms with Crippen LogP contribution in [0.1, 0.15) is 49.3 Å². The molecule has 0 heterocycles. The van der Waals surface area contributed by atoms with E-state index < -0.39 is 0 Å². The summed E-state index contributed by atoms with van der Waals surface area (Å²) in [7, 11) is 0. The van der Waals surface area contributed by atoms with Crippen molar-refractivity contribution in [2.24, 2.45) is 0 Å². The summed E-state index contributed by atoms with van der Waals surface area (Å²) >= 11 is 0. The van der Waals surface area contributed by atoms with Crippen LogP contribution < -0.4 is 0 Å². The fourth-order valence-corrected chi connectivity index (χ4v) is 3.82. The van der Waals surface area contributed by atoms with Crippen molar-refractivity contribution in [2.75, 3.05) is 13.2 Å². The zero-order valence-electron chi connectivity index (χ0n) is 11.0. The fraction of sp³-hybridized carbons (Fsp3) is 0.625. The van der Waals surface area contributed by atoms with Gasteiger partial charge in [0.05, 0.1) is 6.61 Å². The Morgan fingerprint density at radius 2 is 1.89 bits per heavy atom. The summed E-state index contributed by atoms with van der Waals surface area (Å²) < 4.78 is 0. The molecule has 0 aliphatic heterocycles. The first-order chi connectivity index (χ1) is 8.90. The quantitative estimate of drug-likeness (QED) is 0.881. The number of aliphatic hydroxyl groups excluding tert-OH is 1. The average molecular weight is 245 g/mol. The molecule has 98 valence electrons. The molecule has 1 unspecified atom stereocenters. The van der Waals surface area contributed by atoms with E-state index >= 15 is 0 Å². The summed E-state index contributed by atoms with van der Waals surface area (Å²) in [5, 5.41) is 9.36. The van der Waals surface area contributed by atoms with Crippen LogP contribution >= 0.6 is 0 Å². The van der Waals surface area contributed by atoms with Crippen molar-refractivity contribution in [3.8, 4) is 0 Å². The van der Waals surface area contributed by atoms with Gasteiger partial charge in [0.15, 0.2) is 0 Å². The Kier molecular flexibility index (Phi) is 3.67. The third-order valence-electron chi connectivity index (χ3n) is 4.65. The van der Waals surface area contributed by atoms with Crippen LogP contribution in [0, 0.1) is 0 Å². The molecule has 1 aromatic carbocycles. The van der Waals surface area contributed by atoms with Crippen molar-refractivity contribution in [2.45, 2.75) is 50.6 Å². The number of benzene rings is 1. The normalized spacial score (nSPS) is 23.8. The van der Waals surface area contributed by atoms with Crippen molar-refractivity contribution in [3.63, 3.8) is 0 Å². The van der Waals surface area contributed by atoms with E-state index in [0.717, 1.165) is 6.54 Å². The minimum atomic E-state index is 0.287. The monoisotopic (exact) mass is 245 g/mol. The Balaban J connectivity index is 1.83. The maximum Gasteiger partial charge on any atom is 0.0558 e. The molecule has 2 aliphatic carbocycles. The zero-order chi connectivity index (χ0) is 12.4. The van der Waals surface area contributed by atoms with E-state index in [-0.39, 0.29) is 6.61 Å². The Hall–Kier alpha value is -0.860. The number of hydrogen-bond donors (Lipinski definition) is 1. The molecule has 0 saturated heterocycles. The van der Waals surface area contributed by atoms with Gasteiger partial charge in [0, 0.05) is 18.6 Å². The van der Waals surface area contributed by atoms with E-state index in [2.05, 4.69) is 29.2 Å². The second-order valence-corrected chi connectivity index (χ2v) is 5.65. The molecule has 0 bridgehead atoms. The fourth-order valence-electron chi connectivity index (χ4n) is 3.82. The molecule has 1 fully saturated rings. The number of nitrogens with zero attached hydrogens (tertiary/aromatic N) is 1. The number of aryl methyl sites for hydroxylation is 1. The van der Waals surface area contributed by atoms with Gasteiger partial charge < -0.3 is 5.11 Å². The van der Waals surface area contributed by atoms with E-state index in [9.17, 15) is 5.11 Å². The summed E-state index contributed by atoms with van der Waals surface area (Å²) in [6.07, 6.45) is 7.80. The minimum absolute atomic E-state index is 0.287. The van der Waals surface area contributed by atoms with Crippen LogP contribution in [0.5, 0.6) is 0 Å². The highest BCUT2D eigenvalue weighted by Gasteiger charge is 2.32. The molecule has 0 spiro atoms. The highest BCUT2D eigenvalue weighted by Crippen LogP contribution is 2.39. The molecule has 1 aromatic rings. The summed E-state index contributed by atoms with van der Waals surface area (Å²) in [5.41, 5.74) is 3.03. The Bertz CT molecular complexity index is 398. The van der Waals surface area contributed by atoms with Gasteiger partial charge in [-0.25, -0.2) is 0 Å². The van der Waals surface area contributed by atoms with Gasteiger partial charge in [-0.2, -0.15) is 0 Å². The van der Waals surface area contributed by atoms with E-state index in [1.807, 2.05) is 0 Å². The predicted molar refractivity (Wildman–Crippen MR) is 73.6 cm³/mol. The molecule has 2 aliphatic rings. The number of fused-ring (bicyclic) bond motifs is 1. The molecular weight excluding hydrogens is 222 g/mol. The maximum absolute atomic E-state index is 9.36. The molecule has 2 heteroatoms. The second-order valence-electron chi connectivity index (χ2n) is 5.65. The highest BCUT2D eigenvalue weighted by atomic mass is 16.3. The summed E-state index contributed by atoms with van der Waals surface area (Å²) in [6.45, 7) is 1.12. The lowest BCUT2D eigenvalue weighted by molar-refractivity contribution is 0.104. The Labute approximate surface area is 110 Å². The third kappa shape index (κ3) is 2.19. The lowest BCUT2D eigenvalue weighted by Crippen LogP contribution is -2.38. The molecule has 1 saturated carbocycles. The van der Waals surface area contributed by atoms with Gasteiger partial charge in [0.25, 0.3) is 0 Å². The van der Waals surface area contributed by atoms with E-state index in [4.69, 9.17) is 0 Å². The van der Waals surface area contributed by atoms with Crippen LogP contribution in [-0.2, 0) is 6.42 Å². The van der Waals surface area contributed by atoms with Gasteiger partial charge in [0.2, 0.25) is 0 Å². The van der Waals surface area contributed by atoms with Crippen LogP contribution in [0.2, 0.25) is 0 Å². The standard InChI is InChI=1S/C16H23NO/c18-12-11-17(14-6-2-3-7-14)16-10-9-13-5-1-4-8-15(13)16/h1,4-5,8,14,16,18H,2-3,6-7,9-12H2. The van der Waals surface area contributed by atoms with Gasteiger partial charge in [-0.15, -0.1) is 0 Å². The van der Waals surface area contributed by atoms with Crippen molar-refractivity contribution in [3.05, 3.63) is 35.4 Å².